The van der Waals surface area contributed by atoms with Crippen LogP contribution in [0.4, 0.5) is 0 Å². The van der Waals surface area contributed by atoms with Crippen LogP contribution >= 0.6 is 24.0 Å². The zero-order valence-electron chi connectivity index (χ0n) is 12.1. The summed E-state index contributed by atoms with van der Waals surface area (Å²) in [5.74, 6) is 0.761. The van der Waals surface area contributed by atoms with Gasteiger partial charge in [0, 0.05) is 32.8 Å². The minimum Gasteiger partial charge on any atom is -0.382 e. The number of ether oxygens (including phenoxy) is 1. The second kappa shape index (κ2) is 8.29. The van der Waals surface area contributed by atoms with Crippen LogP contribution in [0, 0.1) is 5.41 Å². The Morgan fingerprint density at radius 1 is 1.26 bits per heavy atom. The van der Waals surface area contributed by atoms with E-state index in [0.29, 0.717) is 5.41 Å². The first-order valence-corrected chi connectivity index (χ1v) is 7.38. The topological polar surface area (TPSA) is 50.9 Å². The molecular formula is C14H28IN3O. The van der Waals surface area contributed by atoms with Gasteiger partial charge in [-0.1, -0.05) is 0 Å². The fourth-order valence-corrected chi connectivity index (χ4v) is 2.57. The lowest BCUT2D eigenvalue weighted by Gasteiger charge is -2.27. The van der Waals surface area contributed by atoms with Crippen molar-refractivity contribution in [1.29, 1.82) is 0 Å². The molecule has 1 aliphatic carbocycles. The van der Waals surface area contributed by atoms with Crippen molar-refractivity contribution in [3.05, 3.63) is 0 Å². The maximum absolute atomic E-state index is 6.08. The first-order valence-electron chi connectivity index (χ1n) is 7.38. The third-order valence-corrected chi connectivity index (χ3v) is 4.19. The van der Waals surface area contributed by atoms with E-state index < -0.39 is 0 Å². The van der Waals surface area contributed by atoms with Gasteiger partial charge in [0.1, 0.15) is 0 Å². The lowest BCUT2D eigenvalue weighted by atomic mass is 10.0. The number of halogens is 1. The molecule has 112 valence electrons. The van der Waals surface area contributed by atoms with Gasteiger partial charge in [0.2, 0.25) is 0 Å². The molecule has 4 nitrogen and oxygen atoms in total. The molecule has 0 amide bonds. The molecule has 5 heteroatoms. The Kier molecular flexibility index (Phi) is 7.42. The number of hydrogen-bond donors (Lipinski definition) is 1. The molecule has 0 atom stereocenters. The highest BCUT2D eigenvalue weighted by Crippen LogP contribution is 2.49. The van der Waals surface area contributed by atoms with Gasteiger partial charge < -0.3 is 15.4 Å². The number of aliphatic imine (C=N–C) groups is 1. The van der Waals surface area contributed by atoms with Crippen molar-refractivity contribution in [3.63, 3.8) is 0 Å². The maximum Gasteiger partial charge on any atom is 0.191 e. The van der Waals surface area contributed by atoms with Gasteiger partial charge in [-0.05, 0) is 50.9 Å². The monoisotopic (exact) mass is 381 g/mol. The van der Waals surface area contributed by atoms with Crippen molar-refractivity contribution in [2.75, 3.05) is 32.8 Å². The van der Waals surface area contributed by atoms with E-state index in [9.17, 15) is 0 Å². The molecule has 1 saturated carbocycles. The molecule has 0 aromatic carbocycles. The first kappa shape index (κ1) is 17.0. The Labute approximate surface area is 134 Å². The Bertz CT molecular complexity index is 286. The Morgan fingerprint density at radius 2 is 1.95 bits per heavy atom. The van der Waals surface area contributed by atoms with E-state index in [-0.39, 0.29) is 24.0 Å². The fourth-order valence-electron chi connectivity index (χ4n) is 2.57. The van der Waals surface area contributed by atoms with Crippen molar-refractivity contribution >= 4 is 29.9 Å². The molecule has 0 aromatic rings. The number of guanidine groups is 1. The smallest absolute Gasteiger partial charge is 0.191 e. The van der Waals surface area contributed by atoms with Crippen LogP contribution in [0.5, 0.6) is 0 Å². The lowest BCUT2D eigenvalue weighted by molar-refractivity contribution is 0.129. The normalized spacial score (nSPS) is 21.9. The minimum absolute atomic E-state index is 0. The summed E-state index contributed by atoms with van der Waals surface area (Å²) in [4.78, 5) is 6.86. The molecule has 0 aromatic heterocycles. The predicted octanol–water partition coefficient (Wildman–Crippen LogP) is 2.61. The summed E-state index contributed by atoms with van der Waals surface area (Å²) in [6, 6.07) is 0. The summed E-state index contributed by atoms with van der Waals surface area (Å²) in [6.07, 6.45) is 7.56. The highest BCUT2D eigenvalue weighted by atomic mass is 127. The summed E-state index contributed by atoms with van der Waals surface area (Å²) in [5.41, 5.74) is 6.50. The Morgan fingerprint density at radius 3 is 2.53 bits per heavy atom. The Balaban J connectivity index is 0.00000180. The summed E-state index contributed by atoms with van der Waals surface area (Å²) in [5, 5.41) is 0. The molecule has 1 aliphatic heterocycles. The molecule has 0 radical (unpaired) electrons. The largest absolute Gasteiger partial charge is 0.382 e. The van der Waals surface area contributed by atoms with Gasteiger partial charge in [-0.15, -0.1) is 24.0 Å². The second-order valence-electron chi connectivity index (χ2n) is 5.67. The molecule has 2 N–H and O–H groups in total. The minimum atomic E-state index is 0. The van der Waals surface area contributed by atoms with Gasteiger partial charge in [0.15, 0.2) is 5.96 Å². The molecule has 0 bridgehead atoms. The predicted molar refractivity (Wildman–Crippen MR) is 90.1 cm³/mol. The average Bonchev–Trinajstić information content (AvgIpc) is 3.18. The molecule has 2 aliphatic rings. The molecule has 2 rings (SSSR count). The summed E-state index contributed by atoms with van der Waals surface area (Å²) in [7, 11) is 0. The zero-order chi connectivity index (χ0) is 12.8. The molecule has 0 spiro atoms. The molecule has 19 heavy (non-hydrogen) atoms. The van der Waals surface area contributed by atoms with Gasteiger partial charge in [-0.25, -0.2) is 0 Å². The highest BCUT2D eigenvalue weighted by molar-refractivity contribution is 14.0. The fraction of sp³-hybridized carbons (Fsp3) is 0.929. The number of piperidine rings is 1. The van der Waals surface area contributed by atoms with Crippen molar-refractivity contribution in [3.8, 4) is 0 Å². The van der Waals surface area contributed by atoms with Crippen molar-refractivity contribution in [2.45, 2.75) is 45.4 Å². The van der Waals surface area contributed by atoms with Crippen molar-refractivity contribution < 1.29 is 4.74 Å². The van der Waals surface area contributed by atoms with E-state index in [4.69, 9.17) is 10.5 Å². The van der Waals surface area contributed by atoms with E-state index in [2.05, 4.69) is 9.89 Å². The third kappa shape index (κ3) is 5.45. The van der Waals surface area contributed by atoms with Gasteiger partial charge >= 0.3 is 0 Å². The molecular weight excluding hydrogens is 353 g/mol. The van der Waals surface area contributed by atoms with Gasteiger partial charge in [-0.2, -0.15) is 0 Å². The first-order chi connectivity index (χ1) is 8.76. The molecule has 1 saturated heterocycles. The van der Waals surface area contributed by atoms with Gasteiger partial charge in [0.05, 0.1) is 0 Å². The van der Waals surface area contributed by atoms with E-state index in [1.807, 2.05) is 6.92 Å². The number of likely N-dealkylation sites (tertiary alicyclic amines) is 1. The highest BCUT2D eigenvalue weighted by Gasteiger charge is 2.41. The van der Waals surface area contributed by atoms with Crippen LogP contribution in [0.25, 0.3) is 0 Å². The second-order valence-corrected chi connectivity index (χ2v) is 5.67. The summed E-state index contributed by atoms with van der Waals surface area (Å²) < 4.78 is 5.44. The third-order valence-electron chi connectivity index (χ3n) is 4.19. The molecule has 0 unspecified atom stereocenters. The van der Waals surface area contributed by atoms with Gasteiger partial charge in [0.25, 0.3) is 0 Å². The van der Waals surface area contributed by atoms with Crippen LogP contribution in [0.2, 0.25) is 0 Å². The molecule has 1 heterocycles. The van der Waals surface area contributed by atoms with E-state index in [0.717, 1.165) is 45.2 Å². The van der Waals surface area contributed by atoms with E-state index in [1.165, 1.54) is 32.1 Å². The molecule has 2 fully saturated rings. The van der Waals surface area contributed by atoms with Crippen molar-refractivity contribution in [1.82, 2.24) is 4.90 Å². The van der Waals surface area contributed by atoms with Crippen LogP contribution in [0.1, 0.15) is 45.4 Å². The number of rotatable bonds is 6. The van der Waals surface area contributed by atoms with Gasteiger partial charge in [-0.3, -0.25) is 4.99 Å². The summed E-state index contributed by atoms with van der Waals surface area (Å²) in [6.45, 7) is 6.79. The van der Waals surface area contributed by atoms with Crippen LogP contribution < -0.4 is 5.73 Å². The summed E-state index contributed by atoms with van der Waals surface area (Å²) >= 11 is 0. The van der Waals surface area contributed by atoms with Crippen molar-refractivity contribution in [2.24, 2.45) is 16.1 Å². The number of nitrogens with zero attached hydrogens (tertiary/aromatic N) is 2. The quantitative estimate of drug-likeness (QED) is 0.333. The van der Waals surface area contributed by atoms with E-state index >= 15 is 0 Å². The maximum atomic E-state index is 6.08. The SMILES string of the molecule is CCOCCC1(CN=C(N)N2CCCCC2)CC1.I. The standard InChI is InChI=1S/C14H27N3O.HI/c1-2-18-11-8-14(6-7-14)12-16-13(15)17-9-4-3-5-10-17;/h2-12H2,1H3,(H2,15,16);1H. The van der Waals surface area contributed by atoms with Crippen LogP contribution in [0.3, 0.4) is 0 Å². The zero-order valence-corrected chi connectivity index (χ0v) is 14.4. The van der Waals surface area contributed by atoms with E-state index in [1.54, 1.807) is 0 Å². The number of nitrogens with two attached hydrogens (primary N) is 1. The van der Waals surface area contributed by atoms with Crippen LogP contribution in [-0.4, -0.2) is 43.7 Å². The van der Waals surface area contributed by atoms with Crippen LogP contribution in [0.15, 0.2) is 4.99 Å². The number of hydrogen-bond acceptors (Lipinski definition) is 2. The van der Waals surface area contributed by atoms with Crippen LogP contribution in [-0.2, 0) is 4.74 Å². The Hall–Kier alpha value is -0.0400. The average molecular weight is 381 g/mol. The lowest BCUT2D eigenvalue weighted by Crippen LogP contribution is -2.41.